The first-order valence-corrected chi connectivity index (χ1v) is 7.48. The monoisotopic (exact) mass is 371 g/mol. The first-order chi connectivity index (χ1) is 11.7. The predicted octanol–water partition coefficient (Wildman–Crippen LogP) is -0.0958. The second-order valence-corrected chi connectivity index (χ2v) is 5.51. The summed E-state index contributed by atoms with van der Waals surface area (Å²) in [7, 11) is 1.49. The molecule has 1 rings (SSSR count). The Morgan fingerprint density at radius 2 is 1.96 bits per heavy atom. The Morgan fingerprint density at radius 3 is 2.48 bits per heavy atom. The number of aromatic nitrogens is 1. The van der Waals surface area contributed by atoms with Crippen LogP contribution < -0.4 is 16.0 Å². The summed E-state index contributed by atoms with van der Waals surface area (Å²) >= 11 is 5.66. The van der Waals surface area contributed by atoms with Gasteiger partial charge in [0.1, 0.15) is 5.82 Å². The Labute approximate surface area is 148 Å². The van der Waals surface area contributed by atoms with Crippen molar-refractivity contribution in [1.29, 1.82) is 0 Å². The van der Waals surface area contributed by atoms with Gasteiger partial charge in [-0.2, -0.15) is 0 Å². The van der Waals surface area contributed by atoms with Crippen LogP contribution in [-0.2, 0) is 14.4 Å². The van der Waals surface area contributed by atoms with E-state index in [1.807, 2.05) is 0 Å². The van der Waals surface area contributed by atoms with Crippen LogP contribution in [0.3, 0.4) is 0 Å². The highest BCUT2D eigenvalue weighted by Crippen LogP contribution is 2.09. The number of carbonyl (C=O) groups excluding carboxylic acids is 3. The van der Waals surface area contributed by atoms with Gasteiger partial charge in [-0.05, 0) is 12.1 Å². The number of carboxylic acid groups (broad SMARTS) is 1. The average molecular weight is 372 g/mol. The molecule has 0 aliphatic rings. The van der Waals surface area contributed by atoms with E-state index >= 15 is 0 Å². The largest absolute Gasteiger partial charge is 0.465 e. The Balaban J connectivity index is 2.56. The van der Waals surface area contributed by atoms with E-state index in [9.17, 15) is 19.2 Å². The van der Waals surface area contributed by atoms with Crippen molar-refractivity contribution in [3.8, 4) is 0 Å². The molecule has 0 aromatic carbocycles. The number of hydrogen-bond acceptors (Lipinski definition) is 5. The quantitative estimate of drug-likeness (QED) is 0.515. The lowest BCUT2D eigenvalue weighted by atomic mass is 10.2. The molecule has 0 fully saturated rings. The summed E-state index contributed by atoms with van der Waals surface area (Å²) in [4.78, 5) is 50.7. The minimum Gasteiger partial charge on any atom is -0.465 e. The summed E-state index contributed by atoms with van der Waals surface area (Å²) in [6, 6.07) is 2.13. The third-order valence-corrected chi connectivity index (χ3v) is 3.27. The third-order valence-electron chi connectivity index (χ3n) is 3.04. The van der Waals surface area contributed by atoms with Crippen LogP contribution in [0.25, 0.3) is 0 Å². The molecule has 0 unspecified atom stereocenters. The van der Waals surface area contributed by atoms with Crippen LogP contribution in [0.4, 0.5) is 10.6 Å². The topological polar surface area (TPSA) is 141 Å². The molecule has 0 aliphatic heterocycles. The fourth-order valence-electron chi connectivity index (χ4n) is 1.71. The zero-order valence-electron chi connectivity index (χ0n) is 13.6. The molecule has 11 heteroatoms. The number of nitrogens with zero attached hydrogens (tertiary/aromatic N) is 2. The lowest BCUT2D eigenvalue weighted by Crippen LogP contribution is -2.51. The summed E-state index contributed by atoms with van der Waals surface area (Å²) in [6.45, 7) is 1.18. The van der Waals surface area contributed by atoms with E-state index in [1.54, 1.807) is 0 Å². The highest BCUT2D eigenvalue weighted by atomic mass is 35.5. The van der Waals surface area contributed by atoms with Crippen LogP contribution in [0.2, 0.25) is 5.02 Å². The molecule has 0 spiro atoms. The first kappa shape index (κ1) is 20.2. The zero-order valence-corrected chi connectivity index (χ0v) is 14.3. The summed E-state index contributed by atoms with van der Waals surface area (Å²) < 4.78 is 0. The zero-order chi connectivity index (χ0) is 19.0. The maximum atomic E-state index is 11.8. The smallest absolute Gasteiger partial charge is 0.405 e. The van der Waals surface area contributed by atoms with E-state index in [0.29, 0.717) is 5.02 Å². The lowest BCUT2D eigenvalue weighted by molar-refractivity contribution is -0.136. The van der Waals surface area contributed by atoms with Gasteiger partial charge in [-0.25, -0.2) is 9.78 Å². The number of pyridine rings is 1. The van der Waals surface area contributed by atoms with Crippen molar-refractivity contribution in [2.75, 3.05) is 25.5 Å². The Hall–Kier alpha value is -2.88. The molecule has 1 aromatic heterocycles. The number of likely N-dealkylation sites (N-methyl/N-ethyl adjacent to an activating group) is 1. The highest BCUT2D eigenvalue weighted by molar-refractivity contribution is 6.39. The van der Waals surface area contributed by atoms with Crippen molar-refractivity contribution in [1.82, 2.24) is 20.5 Å². The number of amides is 4. The van der Waals surface area contributed by atoms with Crippen LogP contribution in [0.1, 0.15) is 6.92 Å². The molecule has 0 bridgehead atoms. The van der Waals surface area contributed by atoms with Gasteiger partial charge in [-0.3, -0.25) is 14.4 Å². The van der Waals surface area contributed by atoms with Crippen molar-refractivity contribution in [3.63, 3.8) is 0 Å². The van der Waals surface area contributed by atoms with Gasteiger partial charge in [0.05, 0.1) is 11.1 Å². The minimum absolute atomic E-state index is 0.0300. The van der Waals surface area contributed by atoms with Crippen LogP contribution in [0, 0.1) is 0 Å². The van der Waals surface area contributed by atoms with Gasteiger partial charge in [-0.15, -0.1) is 0 Å². The lowest BCUT2D eigenvalue weighted by Gasteiger charge is -2.23. The van der Waals surface area contributed by atoms with E-state index < -0.39 is 23.9 Å². The molecule has 10 nitrogen and oxygen atoms in total. The van der Waals surface area contributed by atoms with Gasteiger partial charge in [0.25, 0.3) is 0 Å². The molecular weight excluding hydrogens is 354 g/mol. The molecule has 0 saturated heterocycles. The van der Waals surface area contributed by atoms with E-state index in [1.165, 1.54) is 37.2 Å². The van der Waals surface area contributed by atoms with Crippen LogP contribution in [0.5, 0.6) is 0 Å². The van der Waals surface area contributed by atoms with Crippen LogP contribution in [-0.4, -0.2) is 65.0 Å². The first-order valence-electron chi connectivity index (χ1n) is 7.11. The summed E-state index contributed by atoms with van der Waals surface area (Å²) in [5.41, 5.74) is 0. The van der Waals surface area contributed by atoms with Crippen molar-refractivity contribution >= 4 is 41.2 Å². The van der Waals surface area contributed by atoms with Gasteiger partial charge in [0, 0.05) is 33.3 Å². The standard InChI is InChI=1S/C14H18ClN5O5/c1-8(21)20(2)7-10(18-14(24)25)6-17-12(22)13(23)19-11-4-3-9(15)5-16-11/h3-5,10,18H,6-7H2,1-2H3,(H,17,22)(H,24,25)(H,16,19,23)/t10-/m0/s1. The predicted molar refractivity (Wildman–Crippen MR) is 89.1 cm³/mol. The number of rotatable bonds is 6. The van der Waals surface area contributed by atoms with Gasteiger partial charge in [-0.1, -0.05) is 11.6 Å². The van der Waals surface area contributed by atoms with Crippen molar-refractivity contribution in [2.24, 2.45) is 0 Å². The van der Waals surface area contributed by atoms with Gasteiger partial charge < -0.3 is 26.0 Å². The Bertz CT molecular complexity index is 652. The highest BCUT2D eigenvalue weighted by Gasteiger charge is 2.19. The van der Waals surface area contributed by atoms with Gasteiger partial charge in [0.15, 0.2) is 0 Å². The van der Waals surface area contributed by atoms with Crippen molar-refractivity contribution in [2.45, 2.75) is 13.0 Å². The number of carbonyl (C=O) groups is 4. The van der Waals surface area contributed by atoms with Crippen molar-refractivity contribution in [3.05, 3.63) is 23.4 Å². The molecule has 4 amide bonds. The molecule has 1 aromatic rings. The summed E-state index contributed by atoms with van der Waals surface area (Å²) in [5.74, 6) is -2.07. The number of nitrogens with one attached hydrogen (secondary N) is 3. The maximum absolute atomic E-state index is 11.8. The average Bonchev–Trinajstić information content (AvgIpc) is 2.53. The number of halogens is 1. The van der Waals surface area contributed by atoms with Crippen LogP contribution in [0.15, 0.2) is 18.3 Å². The number of anilines is 1. The molecule has 0 saturated carbocycles. The molecule has 1 atom stereocenters. The second-order valence-electron chi connectivity index (χ2n) is 5.07. The fraction of sp³-hybridized carbons (Fsp3) is 0.357. The molecule has 4 N–H and O–H groups in total. The van der Waals surface area contributed by atoms with Gasteiger partial charge >= 0.3 is 17.9 Å². The third kappa shape index (κ3) is 7.48. The van der Waals surface area contributed by atoms with Gasteiger partial charge in [0.2, 0.25) is 5.91 Å². The molecule has 136 valence electrons. The van der Waals surface area contributed by atoms with Crippen molar-refractivity contribution < 1.29 is 24.3 Å². The van der Waals surface area contributed by atoms with E-state index in [0.717, 1.165) is 0 Å². The maximum Gasteiger partial charge on any atom is 0.405 e. The SMILES string of the molecule is CC(=O)N(C)C[C@H](CNC(=O)C(=O)Nc1ccc(Cl)cn1)NC(=O)O. The van der Waals surface area contributed by atoms with E-state index in [4.69, 9.17) is 16.7 Å². The minimum atomic E-state index is -1.31. The number of hydrogen-bond donors (Lipinski definition) is 4. The summed E-state index contributed by atoms with van der Waals surface area (Å²) in [6.07, 6.45) is -0.00884. The Kier molecular flexibility index (Phi) is 7.60. The van der Waals surface area contributed by atoms with Crippen LogP contribution >= 0.6 is 11.6 Å². The molecule has 0 radical (unpaired) electrons. The summed E-state index contributed by atoms with van der Waals surface area (Å²) in [5, 5.41) is 15.9. The normalized spacial score (nSPS) is 11.2. The molecule has 25 heavy (non-hydrogen) atoms. The Morgan fingerprint density at radius 1 is 1.28 bits per heavy atom. The second kappa shape index (κ2) is 9.42. The fourth-order valence-corrected chi connectivity index (χ4v) is 1.83. The molecule has 1 heterocycles. The molecular formula is C14H18ClN5O5. The molecule has 0 aliphatic carbocycles. The van der Waals surface area contributed by atoms with E-state index in [-0.39, 0.29) is 24.8 Å². The van der Waals surface area contributed by atoms with E-state index in [2.05, 4.69) is 20.9 Å².